The number of aryl methyl sites for hydroxylation is 1. The van der Waals surface area contributed by atoms with E-state index in [0.29, 0.717) is 11.5 Å². The van der Waals surface area contributed by atoms with Gasteiger partial charge in [-0.05, 0) is 43.3 Å². The van der Waals surface area contributed by atoms with E-state index in [1.165, 1.54) is 12.1 Å². The number of halogens is 1. The van der Waals surface area contributed by atoms with Crippen molar-refractivity contribution in [1.29, 1.82) is 0 Å². The first-order valence-corrected chi connectivity index (χ1v) is 8.66. The number of aromatic nitrogens is 1. The second kappa shape index (κ2) is 7.59. The van der Waals surface area contributed by atoms with Crippen LogP contribution in [0.25, 0.3) is 0 Å². The van der Waals surface area contributed by atoms with E-state index in [0.717, 1.165) is 37.6 Å². The Morgan fingerprint density at radius 3 is 2.42 bits per heavy atom. The number of aliphatic imine (C=N–C) groups is 1. The summed E-state index contributed by atoms with van der Waals surface area (Å²) in [5, 5.41) is 0. The molecular formula is C19H24FN5O. The third kappa shape index (κ3) is 3.87. The van der Waals surface area contributed by atoms with Gasteiger partial charge < -0.3 is 20.1 Å². The lowest BCUT2D eigenvalue weighted by Crippen LogP contribution is -2.51. The molecule has 1 aliphatic rings. The predicted octanol–water partition coefficient (Wildman–Crippen LogP) is 1.47. The van der Waals surface area contributed by atoms with Gasteiger partial charge >= 0.3 is 0 Å². The third-order valence-corrected chi connectivity index (χ3v) is 4.84. The molecule has 3 rings (SSSR count). The van der Waals surface area contributed by atoms with Crippen LogP contribution in [-0.4, -0.2) is 41.6 Å². The van der Waals surface area contributed by atoms with Gasteiger partial charge in [0.15, 0.2) is 5.96 Å². The fraction of sp³-hybridized carbons (Fsp3) is 0.368. The Morgan fingerprint density at radius 1 is 1.12 bits per heavy atom. The maximum atomic E-state index is 13.0. The van der Waals surface area contributed by atoms with Gasteiger partial charge in [0.25, 0.3) is 5.56 Å². The molecule has 0 spiro atoms. The maximum Gasteiger partial charge on any atom is 0.255 e. The molecule has 2 aromatic rings. The van der Waals surface area contributed by atoms with E-state index in [9.17, 15) is 9.18 Å². The highest BCUT2D eigenvalue weighted by Gasteiger charge is 2.18. The van der Waals surface area contributed by atoms with Crippen molar-refractivity contribution in [2.24, 2.45) is 17.8 Å². The summed E-state index contributed by atoms with van der Waals surface area (Å²) in [6.45, 7) is 5.21. The lowest BCUT2D eigenvalue weighted by atomic mass is 10.2. The molecule has 2 N–H and O–H groups in total. The summed E-state index contributed by atoms with van der Waals surface area (Å²) in [5.41, 5.74) is 8.62. The number of nitrogens with two attached hydrogens (primary N) is 1. The molecule has 0 bridgehead atoms. The van der Waals surface area contributed by atoms with Crippen LogP contribution in [0.5, 0.6) is 0 Å². The number of hydrogen-bond acceptors (Lipinski definition) is 3. The topological polar surface area (TPSA) is 66.9 Å². The zero-order chi connectivity index (χ0) is 18.7. The molecule has 138 valence electrons. The average Bonchev–Trinajstić information content (AvgIpc) is 2.66. The molecule has 0 saturated carbocycles. The molecule has 1 aromatic heterocycles. The summed E-state index contributed by atoms with van der Waals surface area (Å²) in [6.07, 6.45) is 0. The number of hydrogen-bond donors (Lipinski definition) is 1. The van der Waals surface area contributed by atoms with Crippen LogP contribution < -0.4 is 16.2 Å². The molecule has 26 heavy (non-hydrogen) atoms. The average molecular weight is 357 g/mol. The Balaban J connectivity index is 1.60. The molecule has 1 aliphatic heterocycles. The van der Waals surface area contributed by atoms with Gasteiger partial charge in [0.2, 0.25) is 0 Å². The molecule has 0 radical (unpaired) electrons. The number of anilines is 1. The summed E-state index contributed by atoms with van der Waals surface area (Å²) in [4.78, 5) is 20.8. The van der Waals surface area contributed by atoms with E-state index in [1.807, 2.05) is 17.9 Å². The predicted molar refractivity (Wildman–Crippen MR) is 102 cm³/mol. The van der Waals surface area contributed by atoms with Gasteiger partial charge in [0.05, 0.1) is 6.54 Å². The molecule has 2 heterocycles. The first kappa shape index (κ1) is 18.0. The molecule has 7 heteroatoms. The molecule has 6 nitrogen and oxygen atoms in total. The largest absolute Gasteiger partial charge is 0.370 e. The van der Waals surface area contributed by atoms with Crippen molar-refractivity contribution < 1.29 is 4.39 Å². The standard InChI is InChI=1S/C19H24FN5O/c1-14-3-4-15(18(26)23(14)2)13-22-19(21)25-11-9-24(10-12-25)17-7-5-16(20)6-8-17/h3-8H,9-13H2,1-2H3,(H2,21,22). The summed E-state index contributed by atoms with van der Waals surface area (Å²) in [7, 11) is 1.75. The second-order valence-corrected chi connectivity index (χ2v) is 6.49. The fourth-order valence-corrected chi connectivity index (χ4v) is 3.01. The van der Waals surface area contributed by atoms with Crippen molar-refractivity contribution in [3.63, 3.8) is 0 Å². The molecular weight excluding hydrogens is 333 g/mol. The van der Waals surface area contributed by atoms with Gasteiger partial charge in [-0.15, -0.1) is 0 Å². The SMILES string of the molecule is Cc1ccc(CN=C(N)N2CCN(c3ccc(F)cc3)CC2)c(=O)n1C. The summed E-state index contributed by atoms with van der Waals surface area (Å²) in [5.74, 6) is 0.220. The minimum atomic E-state index is -0.231. The Kier molecular flexibility index (Phi) is 5.25. The van der Waals surface area contributed by atoms with Crippen molar-refractivity contribution in [3.05, 3.63) is 63.8 Å². The van der Waals surface area contributed by atoms with Crippen LogP contribution in [0.3, 0.4) is 0 Å². The van der Waals surface area contributed by atoms with Crippen LogP contribution in [0, 0.1) is 12.7 Å². The number of pyridine rings is 1. The monoisotopic (exact) mass is 357 g/mol. The van der Waals surface area contributed by atoms with Crippen LogP contribution in [0.15, 0.2) is 46.2 Å². The van der Waals surface area contributed by atoms with Crippen LogP contribution in [0.1, 0.15) is 11.3 Å². The number of nitrogens with zero attached hydrogens (tertiary/aromatic N) is 4. The molecule has 1 saturated heterocycles. The van der Waals surface area contributed by atoms with Crippen LogP contribution in [0.2, 0.25) is 0 Å². The van der Waals surface area contributed by atoms with Crippen molar-refractivity contribution >= 4 is 11.6 Å². The first-order chi connectivity index (χ1) is 12.5. The minimum absolute atomic E-state index is 0.0392. The summed E-state index contributed by atoms with van der Waals surface area (Å²) in [6, 6.07) is 10.2. The lowest BCUT2D eigenvalue weighted by Gasteiger charge is -2.36. The molecule has 1 aromatic carbocycles. The first-order valence-electron chi connectivity index (χ1n) is 8.66. The van der Waals surface area contributed by atoms with Crippen molar-refractivity contribution in [2.45, 2.75) is 13.5 Å². The lowest BCUT2D eigenvalue weighted by molar-refractivity contribution is 0.380. The Bertz CT molecular complexity index is 851. The smallest absolute Gasteiger partial charge is 0.255 e. The van der Waals surface area contributed by atoms with Crippen LogP contribution in [-0.2, 0) is 13.6 Å². The Hall–Kier alpha value is -2.83. The quantitative estimate of drug-likeness (QED) is 0.667. The van der Waals surface area contributed by atoms with Crippen molar-refractivity contribution in [3.8, 4) is 0 Å². The summed E-state index contributed by atoms with van der Waals surface area (Å²) < 4.78 is 14.7. The molecule has 1 fully saturated rings. The Morgan fingerprint density at radius 2 is 1.77 bits per heavy atom. The highest BCUT2D eigenvalue weighted by Crippen LogP contribution is 2.16. The maximum absolute atomic E-state index is 13.0. The van der Waals surface area contributed by atoms with Crippen molar-refractivity contribution in [1.82, 2.24) is 9.47 Å². The number of benzene rings is 1. The zero-order valence-corrected chi connectivity index (χ0v) is 15.2. The third-order valence-electron chi connectivity index (χ3n) is 4.84. The normalized spacial score (nSPS) is 15.4. The molecule has 0 aliphatic carbocycles. The zero-order valence-electron chi connectivity index (χ0n) is 15.2. The van der Waals surface area contributed by atoms with Gasteiger partial charge in [-0.1, -0.05) is 0 Å². The van der Waals surface area contributed by atoms with Gasteiger partial charge in [-0.25, -0.2) is 9.38 Å². The number of piperazine rings is 1. The minimum Gasteiger partial charge on any atom is -0.370 e. The van der Waals surface area contributed by atoms with E-state index in [-0.39, 0.29) is 17.9 Å². The van der Waals surface area contributed by atoms with E-state index in [1.54, 1.807) is 29.8 Å². The number of guanidine groups is 1. The van der Waals surface area contributed by atoms with Crippen LogP contribution >= 0.6 is 0 Å². The highest BCUT2D eigenvalue weighted by atomic mass is 19.1. The highest BCUT2D eigenvalue weighted by molar-refractivity contribution is 5.78. The second-order valence-electron chi connectivity index (χ2n) is 6.49. The molecule has 0 atom stereocenters. The fourth-order valence-electron chi connectivity index (χ4n) is 3.01. The van der Waals surface area contributed by atoms with Gasteiger partial charge in [0.1, 0.15) is 5.82 Å². The summed E-state index contributed by atoms with van der Waals surface area (Å²) >= 11 is 0. The van der Waals surface area contributed by atoms with E-state index < -0.39 is 0 Å². The van der Waals surface area contributed by atoms with E-state index >= 15 is 0 Å². The molecule has 0 amide bonds. The number of rotatable bonds is 3. The van der Waals surface area contributed by atoms with Gasteiger partial charge in [0, 0.05) is 50.2 Å². The van der Waals surface area contributed by atoms with Crippen molar-refractivity contribution in [2.75, 3.05) is 31.1 Å². The van der Waals surface area contributed by atoms with Crippen LogP contribution in [0.4, 0.5) is 10.1 Å². The molecule has 0 unspecified atom stereocenters. The van der Waals surface area contributed by atoms with Gasteiger partial charge in [-0.3, -0.25) is 4.79 Å². The van der Waals surface area contributed by atoms with E-state index in [2.05, 4.69) is 9.89 Å². The van der Waals surface area contributed by atoms with E-state index in [4.69, 9.17) is 5.73 Å². The van der Waals surface area contributed by atoms with Gasteiger partial charge in [-0.2, -0.15) is 0 Å². The Labute approximate surface area is 152 Å².